The number of rotatable bonds is 37. The van der Waals surface area contributed by atoms with Gasteiger partial charge < -0.3 is 108 Å². The van der Waals surface area contributed by atoms with E-state index < -0.39 is 81.1 Å². The van der Waals surface area contributed by atoms with E-state index in [1.165, 1.54) is 96.3 Å². The van der Waals surface area contributed by atoms with E-state index in [-0.39, 0.29) is 147 Å². The topological polar surface area (TPSA) is 422 Å². The number of amides is 5. The third-order valence-corrected chi connectivity index (χ3v) is 20.4. The van der Waals surface area contributed by atoms with Crippen molar-refractivity contribution in [2.24, 2.45) is 0 Å². The highest BCUT2D eigenvalue weighted by Gasteiger charge is 2.31. The molecule has 688 valence electrons. The highest BCUT2D eigenvalue weighted by atomic mass is 35.5. The van der Waals surface area contributed by atoms with E-state index >= 15 is 0 Å². The monoisotopic (exact) mass is 1870 g/mol. The van der Waals surface area contributed by atoms with E-state index in [2.05, 4.69) is 26.6 Å². The average molecular weight is 1870 g/mol. The quantitative estimate of drug-likeness (QED) is 0.0168. The zero-order valence-electron chi connectivity index (χ0n) is 72.5. The number of nitrogen functional groups attached to an aromatic ring is 1. The van der Waals surface area contributed by atoms with Crippen LogP contribution in [0.2, 0.25) is 20.1 Å². The molecule has 12 rings (SSSR count). The predicted molar refractivity (Wildman–Crippen MR) is 495 cm³/mol. The number of halogens is 4. The van der Waals surface area contributed by atoms with Gasteiger partial charge in [0, 0.05) is 132 Å². The fourth-order valence-corrected chi connectivity index (χ4v) is 13.5. The highest BCUT2D eigenvalue weighted by Crippen LogP contribution is 2.27. The lowest BCUT2D eigenvalue weighted by Gasteiger charge is -2.22. The van der Waals surface area contributed by atoms with Crippen molar-refractivity contribution in [2.45, 2.75) is 111 Å². The van der Waals surface area contributed by atoms with Gasteiger partial charge in [-0.15, -0.1) is 0 Å². The molecule has 131 heavy (non-hydrogen) atoms. The normalized spacial score (nSPS) is 10.9. The van der Waals surface area contributed by atoms with Gasteiger partial charge in [-0.1, -0.05) is 200 Å². The minimum absolute atomic E-state index is 0.0197. The van der Waals surface area contributed by atoms with Gasteiger partial charge in [0.2, 0.25) is 33.5 Å². The summed E-state index contributed by atoms with van der Waals surface area (Å²) in [6.45, 7) is 4.19. The zero-order valence-corrected chi connectivity index (χ0v) is 75.5. The molecule has 12 aromatic rings. The van der Waals surface area contributed by atoms with Crippen molar-refractivity contribution in [2.75, 3.05) is 59.0 Å². The number of carbonyl (C=O) groups excluding carboxylic acids is 5. The molecule has 0 spiro atoms. The van der Waals surface area contributed by atoms with Crippen molar-refractivity contribution in [1.82, 2.24) is 38.6 Å². The van der Waals surface area contributed by atoms with Gasteiger partial charge in [0.15, 0.2) is 64.5 Å². The summed E-state index contributed by atoms with van der Waals surface area (Å²) in [6, 6.07) is 55.7. The first-order valence-electron chi connectivity index (χ1n) is 40.4. The molecule has 0 aliphatic carbocycles. The Morgan fingerprint density at radius 3 is 1.10 bits per heavy atom. The van der Waals surface area contributed by atoms with Crippen LogP contribution in [0.3, 0.4) is 0 Å². The number of aromatic nitrogens is 5. The lowest BCUT2D eigenvalue weighted by atomic mass is 10.1. The number of carboxylic acid groups (broad SMARTS) is 1. The van der Waals surface area contributed by atoms with E-state index in [9.17, 15) is 63.0 Å². The molecule has 0 aliphatic rings. The Morgan fingerprint density at radius 2 is 0.733 bits per heavy atom. The summed E-state index contributed by atoms with van der Waals surface area (Å²) in [5.74, 6) is -5.32. The molecule has 33 nitrogen and oxygen atoms in total. The van der Waals surface area contributed by atoms with Crippen molar-refractivity contribution in [3.8, 4) is 23.0 Å². The Balaban J connectivity index is 0.000000198. The molecular formula is C94H97Cl4N11O22. The number of methoxy groups -OCH3 is 6. The van der Waals surface area contributed by atoms with Gasteiger partial charge >= 0.3 is 5.97 Å². The maximum absolute atomic E-state index is 13.5. The van der Waals surface area contributed by atoms with E-state index in [0.29, 0.717) is 20.1 Å². The third kappa shape index (κ3) is 28.9. The maximum atomic E-state index is 13.5. The first-order valence-corrected chi connectivity index (χ1v) is 41.9. The van der Waals surface area contributed by atoms with Gasteiger partial charge in [0.25, 0.3) is 23.3 Å². The summed E-state index contributed by atoms with van der Waals surface area (Å²) < 4.78 is 56.2. The number of carboxylic acids is 1. The number of ether oxygens (including phenoxy) is 9. The summed E-state index contributed by atoms with van der Waals surface area (Å²) >= 11 is 24.1. The maximum Gasteiger partial charge on any atom is 0.341 e. The van der Waals surface area contributed by atoms with Gasteiger partial charge in [0.05, 0.1) is 26.2 Å². The number of nitrogens with one attached hydrogen (secondary N) is 5. The summed E-state index contributed by atoms with van der Waals surface area (Å²) in [6.07, 6.45) is 6.36. The summed E-state index contributed by atoms with van der Waals surface area (Å²) in [5.41, 5.74) is 6.98. The number of hydrogen-bond donors (Lipinski definition) is 8. The van der Waals surface area contributed by atoms with Crippen molar-refractivity contribution in [1.29, 1.82) is 0 Å². The predicted octanol–water partition coefficient (Wildman–Crippen LogP) is 12.7. The van der Waals surface area contributed by atoms with Gasteiger partial charge in [-0.2, -0.15) is 0 Å². The third-order valence-electron chi connectivity index (χ3n) is 19.4. The lowest BCUT2D eigenvalue weighted by molar-refractivity contribution is -0.116. The molecule has 0 aliphatic heterocycles. The molecule has 0 bridgehead atoms. The van der Waals surface area contributed by atoms with Crippen LogP contribution in [0.15, 0.2) is 249 Å². The van der Waals surface area contributed by atoms with Crippen LogP contribution in [-0.4, -0.2) is 130 Å². The first kappa shape index (κ1) is 101. The van der Waals surface area contributed by atoms with Crippen LogP contribution in [0.25, 0.3) is 5.52 Å². The number of benzene rings is 7. The van der Waals surface area contributed by atoms with Gasteiger partial charge in [0.1, 0.15) is 42.4 Å². The van der Waals surface area contributed by atoms with Crippen molar-refractivity contribution < 1.29 is 81.6 Å². The van der Waals surface area contributed by atoms with Gasteiger partial charge in [-0.05, 0) is 87.5 Å². The van der Waals surface area contributed by atoms with Gasteiger partial charge in [-0.3, -0.25) is 47.9 Å². The minimum atomic E-state index is -1.45. The molecule has 0 radical (unpaired) electrons. The number of hydrogen-bond acceptors (Lipinski definition) is 22. The number of anilines is 3. The summed E-state index contributed by atoms with van der Waals surface area (Å²) in [7, 11) is 8.68. The Bertz CT molecular complexity index is 6290. The van der Waals surface area contributed by atoms with Crippen molar-refractivity contribution in [3.05, 3.63) is 358 Å². The van der Waals surface area contributed by atoms with Gasteiger partial charge in [-0.25, -0.2) is 4.79 Å². The van der Waals surface area contributed by atoms with Crippen LogP contribution in [0.1, 0.15) is 107 Å². The average Bonchev–Trinajstić information content (AvgIpc) is 0.810. The van der Waals surface area contributed by atoms with Crippen LogP contribution in [0, 0.1) is 0 Å². The fraction of sp³-hybridized carbons (Fsp3) is 0.245. The smallest absolute Gasteiger partial charge is 0.341 e. The SMILES string of the molecule is CCC(=O)Nc1cn(CC(OC)OC)c(C(=O)NCc2cccc(Cl)c2)c(OCc2ccccc2)c1=O.CCC(=O)Nc1cn2ccn(Cc3cccc(Cl)c3)c(=O)c2c(O)c1=O.COC(Cn1cc(C(=O)O)c(=O)c(OCc2ccccc2)c1C(=O)NCc1cccc(Cl)c1)OC.COC(Cn1cc(N)c(=O)c(OCc2ccccc2)c1C(=O)NCc1cccc(Cl)c1)OC. The zero-order chi connectivity index (χ0) is 94.8. The van der Waals surface area contributed by atoms with Crippen LogP contribution in [-0.2, 0) is 104 Å². The minimum Gasteiger partial charge on any atom is -0.502 e. The van der Waals surface area contributed by atoms with E-state index in [0.717, 1.165) is 45.1 Å². The lowest BCUT2D eigenvalue weighted by Crippen LogP contribution is -2.34. The molecule has 0 saturated carbocycles. The van der Waals surface area contributed by atoms with E-state index in [1.807, 2.05) is 84.9 Å². The molecule has 0 unspecified atom stereocenters. The van der Waals surface area contributed by atoms with Crippen molar-refractivity contribution in [3.63, 3.8) is 0 Å². The van der Waals surface area contributed by atoms with Crippen LogP contribution >= 0.6 is 46.4 Å². The fourth-order valence-electron chi connectivity index (χ4n) is 12.7. The standard InChI is InChI=1S/C27H30ClN3O6.C25H25ClN2O7.C24H26ClN3O5.C18H16ClN3O4/c1-4-22(32)30-21-15-31(16-23(35-2)36-3)24(27(34)29-14-19-11-8-12-20(28)13-19)26(25(21)33)37-17-18-9-6-5-7-10-18;1-33-20(34-2)14-28-13-19(25(31)32)22(29)23(35-15-16-7-4-3-5-8-16)21(28)24(30)27-12-17-9-6-10-18(26)11-17;1-31-20(32-2)14-28-13-19(26)22(29)23(33-15-16-7-4-3-5-8-16)21(28)24(30)27-12-17-9-6-10-18(25)11-17;1-2-14(23)20-13-10-21-6-7-22(9-11-4-3-5-12(19)8-11)18(26)15(21)17(25)16(13)24/h5-13,15,23H,4,14,16-17H2,1-3H3,(H,29,34)(H,30,32);3-11,13,20H,12,14-15H2,1-2H3,(H,27,30)(H,31,32);3-11,13,20H,12,14-15,26H2,1-2H3,(H,27,30);3-8,10,25H,2,9H2,1H3,(H,20,23). The Morgan fingerprint density at radius 1 is 0.397 bits per heavy atom. The largest absolute Gasteiger partial charge is 0.502 e. The first-order chi connectivity index (χ1) is 63.0. The van der Waals surface area contributed by atoms with Crippen LogP contribution < -0.4 is 73.8 Å². The summed E-state index contributed by atoms with van der Waals surface area (Å²) in [4.78, 5) is 140. The Hall–Kier alpha value is -13.7. The second kappa shape index (κ2) is 50.3. The number of carbonyl (C=O) groups is 6. The number of aromatic hydroxyl groups is 1. The number of nitrogens with zero attached hydrogens (tertiary/aromatic N) is 5. The molecule has 0 fully saturated rings. The molecule has 7 aromatic carbocycles. The number of aromatic carboxylic acids is 1. The number of pyridine rings is 4. The molecule has 5 aromatic heterocycles. The molecule has 37 heteroatoms. The van der Waals surface area contributed by atoms with Crippen molar-refractivity contribution >= 4 is 104 Å². The molecular weight excluding hydrogens is 1780 g/mol. The second-order valence-electron chi connectivity index (χ2n) is 28.6. The second-order valence-corrected chi connectivity index (χ2v) is 30.3. The number of nitrogens with two attached hydrogens (primary N) is 1. The van der Waals surface area contributed by atoms with E-state index in [4.69, 9.17) is 94.8 Å². The van der Waals surface area contributed by atoms with Crippen LogP contribution in [0.5, 0.6) is 23.0 Å². The highest BCUT2D eigenvalue weighted by molar-refractivity contribution is 6.31. The molecule has 5 amide bonds. The Kier molecular flexibility index (Phi) is 38.8. The van der Waals surface area contributed by atoms with E-state index in [1.54, 1.807) is 117 Å². The molecule has 0 saturated heterocycles. The Labute approximate surface area is 771 Å². The number of fused-ring (bicyclic) bond motifs is 1. The summed E-state index contributed by atoms with van der Waals surface area (Å²) in [5, 5.41) is 35.4. The van der Waals surface area contributed by atoms with Crippen LogP contribution in [0.4, 0.5) is 17.1 Å². The molecule has 0 atom stereocenters. The molecule has 5 heterocycles. The molecule has 9 N–H and O–H groups in total.